The van der Waals surface area contributed by atoms with Crippen LogP contribution in [0, 0.1) is 0 Å². The predicted molar refractivity (Wildman–Crippen MR) is 140 cm³/mol. The third kappa shape index (κ3) is 4.68. The molecule has 7 heteroatoms. The van der Waals surface area contributed by atoms with Gasteiger partial charge in [-0.05, 0) is 57.5 Å². The zero-order valence-corrected chi connectivity index (χ0v) is 20.6. The summed E-state index contributed by atoms with van der Waals surface area (Å²) in [7, 11) is 3.15. The summed E-state index contributed by atoms with van der Waals surface area (Å²) in [6.45, 7) is 0.106. The van der Waals surface area contributed by atoms with E-state index in [2.05, 4.69) is 17.4 Å². The predicted octanol–water partition coefficient (Wildman–Crippen LogP) is 5.39. The van der Waals surface area contributed by atoms with Gasteiger partial charge in [-0.3, -0.25) is 0 Å². The van der Waals surface area contributed by atoms with Crippen LogP contribution in [0.15, 0.2) is 78.9 Å². The van der Waals surface area contributed by atoms with Crippen molar-refractivity contribution in [2.24, 2.45) is 0 Å². The lowest BCUT2D eigenvalue weighted by Crippen LogP contribution is -2.43. The third-order valence-corrected chi connectivity index (χ3v) is 6.85. The smallest absolute Gasteiger partial charge is 0.407 e. The Hall–Kier alpha value is -4.52. The van der Waals surface area contributed by atoms with E-state index in [4.69, 9.17) is 14.2 Å². The molecule has 37 heavy (non-hydrogen) atoms. The van der Waals surface area contributed by atoms with Gasteiger partial charge >= 0.3 is 12.1 Å². The van der Waals surface area contributed by atoms with Gasteiger partial charge in [0, 0.05) is 17.7 Å². The first-order valence-electron chi connectivity index (χ1n) is 12.0. The molecule has 0 saturated heterocycles. The van der Waals surface area contributed by atoms with Gasteiger partial charge in [0.1, 0.15) is 24.1 Å². The number of fused-ring (bicyclic) bond motifs is 4. The first kappa shape index (κ1) is 24.2. The van der Waals surface area contributed by atoms with Gasteiger partial charge in [0.25, 0.3) is 0 Å². The average Bonchev–Trinajstić information content (AvgIpc) is 3.25. The van der Waals surface area contributed by atoms with E-state index in [1.807, 2.05) is 54.6 Å². The second-order valence-electron chi connectivity index (χ2n) is 8.90. The number of benzene rings is 4. The van der Waals surface area contributed by atoms with Crippen LogP contribution in [0.4, 0.5) is 4.79 Å². The van der Waals surface area contributed by atoms with Crippen molar-refractivity contribution in [3.8, 4) is 22.6 Å². The van der Waals surface area contributed by atoms with Crippen molar-refractivity contribution in [2.75, 3.05) is 20.8 Å². The molecular weight excluding hydrogens is 470 g/mol. The van der Waals surface area contributed by atoms with Crippen molar-refractivity contribution < 1.29 is 28.9 Å². The van der Waals surface area contributed by atoms with Crippen LogP contribution in [0.2, 0.25) is 0 Å². The van der Waals surface area contributed by atoms with Crippen LogP contribution in [-0.2, 0) is 16.0 Å². The molecule has 4 aromatic rings. The van der Waals surface area contributed by atoms with Crippen molar-refractivity contribution in [1.82, 2.24) is 5.32 Å². The molecule has 0 aromatic heterocycles. The van der Waals surface area contributed by atoms with Crippen molar-refractivity contribution in [2.45, 2.75) is 18.4 Å². The lowest BCUT2D eigenvalue weighted by molar-refractivity contribution is -0.139. The Bertz CT molecular complexity index is 1430. The van der Waals surface area contributed by atoms with Gasteiger partial charge in [-0.2, -0.15) is 0 Å². The number of hydrogen-bond acceptors (Lipinski definition) is 5. The Labute approximate surface area is 214 Å². The number of carbonyl (C=O) groups excluding carboxylic acids is 1. The zero-order valence-electron chi connectivity index (χ0n) is 20.6. The van der Waals surface area contributed by atoms with Crippen LogP contribution in [0.25, 0.3) is 21.9 Å². The molecule has 188 valence electrons. The summed E-state index contributed by atoms with van der Waals surface area (Å²) in [5, 5.41) is 14.0. The van der Waals surface area contributed by atoms with Gasteiger partial charge in [-0.1, -0.05) is 54.6 Å². The van der Waals surface area contributed by atoms with Gasteiger partial charge in [0.15, 0.2) is 0 Å². The lowest BCUT2D eigenvalue weighted by atomic mass is 9.97. The highest BCUT2D eigenvalue weighted by Gasteiger charge is 2.30. The van der Waals surface area contributed by atoms with Crippen LogP contribution in [-0.4, -0.2) is 44.0 Å². The molecule has 1 unspecified atom stereocenters. The number of amides is 1. The van der Waals surface area contributed by atoms with Gasteiger partial charge in [0.2, 0.25) is 0 Å². The molecule has 0 radical (unpaired) electrons. The molecule has 5 rings (SSSR count). The maximum Gasteiger partial charge on any atom is 0.407 e. The van der Waals surface area contributed by atoms with Crippen molar-refractivity contribution in [3.05, 3.63) is 95.6 Å². The van der Waals surface area contributed by atoms with Crippen LogP contribution in [0.3, 0.4) is 0 Å². The van der Waals surface area contributed by atoms with E-state index in [1.54, 1.807) is 26.4 Å². The van der Waals surface area contributed by atoms with Crippen molar-refractivity contribution in [3.63, 3.8) is 0 Å². The molecule has 0 heterocycles. The Kier molecular flexibility index (Phi) is 6.68. The van der Waals surface area contributed by atoms with E-state index >= 15 is 0 Å². The Morgan fingerprint density at radius 1 is 0.865 bits per heavy atom. The van der Waals surface area contributed by atoms with Crippen LogP contribution >= 0.6 is 0 Å². The van der Waals surface area contributed by atoms with E-state index < -0.39 is 18.1 Å². The molecule has 0 spiro atoms. The maximum absolute atomic E-state index is 12.8. The molecule has 0 saturated carbocycles. The third-order valence-electron chi connectivity index (χ3n) is 6.85. The number of hydrogen-bond donors (Lipinski definition) is 2. The zero-order chi connectivity index (χ0) is 25.9. The van der Waals surface area contributed by atoms with E-state index in [0.29, 0.717) is 11.5 Å². The standard InChI is InChI=1S/C30H27NO6/c1-35-19-12-13-24-25(16-19)18(11-14-28(24)36-2)15-27(29(32)33)31-30(34)37-17-26-22-9-5-3-7-20(22)21-8-4-6-10-23(21)26/h3-14,16,26-27H,15,17H2,1-2H3,(H,31,34)(H,32,33). The van der Waals surface area contributed by atoms with Crippen LogP contribution in [0.5, 0.6) is 11.5 Å². The second kappa shape index (κ2) is 10.2. The molecule has 2 N–H and O–H groups in total. The fraction of sp³-hybridized carbons (Fsp3) is 0.200. The van der Waals surface area contributed by atoms with Gasteiger partial charge < -0.3 is 24.6 Å². The number of aliphatic carboxylic acids is 1. The summed E-state index contributed by atoms with van der Waals surface area (Å²) >= 11 is 0. The highest BCUT2D eigenvalue weighted by atomic mass is 16.5. The fourth-order valence-corrected chi connectivity index (χ4v) is 5.05. The number of alkyl carbamates (subject to hydrolysis) is 1. The summed E-state index contributed by atoms with van der Waals surface area (Å²) in [6.07, 6.45) is -0.711. The molecule has 1 aliphatic carbocycles. The summed E-state index contributed by atoms with van der Waals surface area (Å²) < 4.78 is 16.4. The second-order valence-corrected chi connectivity index (χ2v) is 8.90. The number of carboxylic acid groups (broad SMARTS) is 1. The molecule has 4 aromatic carbocycles. The minimum atomic E-state index is -1.18. The number of rotatable bonds is 8. The molecule has 1 amide bonds. The van der Waals surface area contributed by atoms with Gasteiger partial charge in [0.05, 0.1) is 14.2 Å². The fourth-order valence-electron chi connectivity index (χ4n) is 5.05. The molecular formula is C30H27NO6. The maximum atomic E-state index is 12.8. The molecule has 0 aliphatic heterocycles. The lowest BCUT2D eigenvalue weighted by Gasteiger charge is -2.19. The Morgan fingerprint density at radius 2 is 1.54 bits per heavy atom. The number of nitrogens with one attached hydrogen (secondary N) is 1. The molecule has 1 atom stereocenters. The molecule has 0 bridgehead atoms. The molecule has 1 aliphatic rings. The van der Waals surface area contributed by atoms with E-state index in [0.717, 1.165) is 38.6 Å². The highest BCUT2D eigenvalue weighted by Crippen LogP contribution is 2.44. The summed E-state index contributed by atoms with van der Waals surface area (Å²) in [6, 6.07) is 24.0. The minimum absolute atomic E-state index is 0.0627. The van der Waals surface area contributed by atoms with Crippen LogP contribution < -0.4 is 14.8 Å². The molecule has 7 nitrogen and oxygen atoms in total. The number of carbonyl (C=O) groups is 2. The monoisotopic (exact) mass is 497 g/mol. The minimum Gasteiger partial charge on any atom is -0.497 e. The summed E-state index contributed by atoms with van der Waals surface area (Å²) in [4.78, 5) is 24.8. The summed E-state index contributed by atoms with van der Waals surface area (Å²) in [5.41, 5.74) is 5.16. The van der Waals surface area contributed by atoms with Crippen molar-refractivity contribution in [1.29, 1.82) is 0 Å². The SMILES string of the molecule is COc1ccc2c(OC)ccc(CC(NC(=O)OCC3c4ccccc4-c4ccccc43)C(=O)O)c2c1. The largest absolute Gasteiger partial charge is 0.497 e. The Balaban J connectivity index is 1.33. The average molecular weight is 498 g/mol. The summed E-state index contributed by atoms with van der Waals surface area (Å²) in [5.74, 6) is 0.0379. The number of methoxy groups -OCH3 is 2. The number of ether oxygens (including phenoxy) is 3. The first-order chi connectivity index (χ1) is 18.0. The van der Waals surface area contributed by atoms with E-state index in [-0.39, 0.29) is 18.9 Å². The normalized spacial score (nSPS) is 12.9. The Morgan fingerprint density at radius 3 is 2.16 bits per heavy atom. The van der Waals surface area contributed by atoms with Crippen molar-refractivity contribution >= 4 is 22.8 Å². The van der Waals surface area contributed by atoms with E-state index in [9.17, 15) is 14.7 Å². The van der Waals surface area contributed by atoms with Gasteiger partial charge in [-0.15, -0.1) is 0 Å². The topological polar surface area (TPSA) is 94.1 Å². The highest BCUT2D eigenvalue weighted by molar-refractivity contribution is 5.93. The van der Waals surface area contributed by atoms with Crippen LogP contribution in [0.1, 0.15) is 22.6 Å². The molecule has 0 fully saturated rings. The number of carboxylic acids is 1. The first-order valence-corrected chi connectivity index (χ1v) is 12.0. The van der Waals surface area contributed by atoms with E-state index in [1.165, 1.54) is 0 Å². The quantitative estimate of drug-likeness (QED) is 0.339. The van der Waals surface area contributed by atoms with Gasteiger partial charge in [-0.25, -0.2) is 9.59 Å².